The zero-order valence-electron chi connectivity index (χ0n) is 13.2. The van der Waals surface area contributed by atoms with E-state index in [4.69, 9.17) is 4.74 Å². The van der Waals surface area contributed by atoms with E-state index in [-0.39, 0.29) is 5.54 Å². The molecule has 0 amide bonds. The first-order chi connectivity index (χ1) is 9.59. The molecule has 20 heavy (non-hydrogen) atoms. The number of nitrogens with one attached hydrogen (secondary N) is 1. The fourth-order valence-corrected chi connectivity index (χ4v) is 4.01. The zero-order chi connectivity index (χ0) is 14.6. The first-order valence-electron chi connectivity index (χ1n) is 8.13. The van der Waals surface area contributed by atoms with Crippen LogP contribution in [0.3, 0.4) is 0 Å². The average molecular weight is 279 g/mol. The maximum absolute atomic E-state index is 9.59. The van der Waals surface area contributed by atoms with Gasteiger partial charge in [0, 0.05) is 13.1 Å². The molecule has 4 atom stereocenters. The molecule has 0 spiro atoms. The Balaban J connectivity index is 1.88. The second-order valence-electron chi connectivity index (χ2n) is 6.51. The molecule has 1 heterocycles. The highest BCUT2D eigenvalue weighted by atomic mass is 16.5. The van der Waals surface area contributed by atoms with E-state index in [0.29, 0.717) is 18.1 Å². The van der Waals surface area contributed by atoms with Gasteiger partial charge in [-0.15, -0.1) is 0 Å². The van der Waals surface area contributed by atoms with Crippen molar-refractivity contribution in [2.24, 2.45) is 5.92 Å². The van der Waals surface area contributed by atoms with Crippen molar-refractivity contribution in [3.8, 4) is 6.07 Å². The van der Waals surface area contributed by atoms with Crippen LogP contribution in [0.4, 0.5) is 0 Å². The number of hydrogen-bond donors (Lipinski definition) is 1. The topological polar surface area (TPSA) is 48.3 Å². The van der Waals surface area contributed by atoms with Crippen molar-refractivity contribution in [2.45, 2.75) is 64.2 Å². The Hall–Kier alpha value is -0.630. The van der Waals surface area contributed by atoms with E-state index < -0.39 is 0 Å². The average Bonchev–Trinajstić information content (AvgIpc) is 2.79. The van der Waals surface area contributed by atoms with Crippen LogP contribution in [0.25, 0.3) is 0 Å². The van der Waals surface area contributed by atoms with Crippen LogP contribution < -0.4 is 5.32 Å². The maximum Gasteiger partial charge on any atom is 0.109 e. The Kier molecular flexibility index (Phi) is 5.42. The highest BCUT2D eigenvalue weighted by molar-refractivity contribution is 5.14. The molecule has 0 radical (unpaired) electrons. The van der Waals surface area contributed by atoms with Crippen molar-refractivity contribution >= 4 is 0 Å². The van der Waals surface area contributed by atoms with Gasteiger partial charge >= 0.3 is 0 Å². The van der Waals surface area contributed by atoms with Gasteiger partial charge < -0.3 is 4.74 Å². The van der Waals surface area contributed by atoms with Gasteiger partial charge in [0.1, 0.15) is 5.54 Å². The van der Waals surface area contributed by atoms with Gasteiger partial charge in [0.15, 0.2) is 0 Å². The van der Waals surface area contributed by atoms with Crippen LogP contribution in [0.15, 0.2) is 0 Å². The molecule has 114 valence electrons. The smallest absolute Gasteiger partial charge is 0.109 e. The molecule has 2 aliphatic rings. The van der Waals surface area contributed by atoms with E-state index in [0.717, 1.165) is 39.0 Å². The Morgan fingerprint density at radius 3 is 2.65 bits per heavy atom. The third-order valence-corrected chi connectivity index (χ3v) is 4.80. The number of morpholine rings is 1. The first-order valence-corrected chi connectivity index (χ1v) is 8.13. The minimum absolute atomic E-state index is 0.266. The fourth-order valence-electron chi connectivity index (χ4n) is 4.01. The maximum atomic E-state index is 9.59. The lowest BCUT2D eigenvalue weighted by Crippen LogP contribution is -2.49. The molecule has 1 saturated carbocycles. The Bertz CT molecular complexity index is 344. The largest absolute Gasteiger partial charge is 0.373 e. The summed E-state index contributed by atoms with van der Waals surface area (Å²) in [6.45, 7) is 10.4. The van der Waals surface area contributed by atoms with Crippen LogP contribution in [0.5, 0.6) is 0 Å². The lowest BCUT2D eigenvalue weighted by atomic mass is 9.85. The van der Waals surface area contributed by atoms with Gasteiger partial charge in [-0.2, -0.15) is 5.26 Å². The van der Waals surface area contributed by atoms with Crippen molar-refractivity contribution in [3.63, 3.8) is 0 Å². The summed E-state index contributed by atoms with van der Waals surface area (Å²) in [6.07, 6.45) is 5.17. The van der Waals surface area contributed by atoms with Gasteiger partial charge in [0.05, 0.1) is 18.3 Å². The number of nitriles is 1. The van der Waals surface area contributed by atoms with Crippen molar-refractivity contribution in [1.29, 1.82) is 5.26 Å². The predicted molar refractivity (Wildman–Crippen MR) is 80.4 cm³/mol. The second-order valence-corrected chi connectivity index (χ2v) is 6.51. The first kappa shape index (κ1) is 15.8. The molecule has 4 heteroatoms. The molecule has 0 aromatic rings. The van der Waals surface area contributed by atoms with E-state index >= 15 is 0 Å². The van der Waals surface area contributed by atoms with Crippen LogP contribution >= 0.6 is 0 Å². The monoisotopic (exact) mass is 279 g/mol. The molecule has 1 saturated heterocycles. The molecule has 1 aliphatic carbocycles. The summed E-state index contributed by atoms with van der Waals surface area (Å²) in [5.74, 6) is 0.501. The summed E-state index contributed by atoms with van der Waals surface area (Å²) < 4.78 is 5.78. The molecule has 1 aliphatic heterocycles. The predicted octanol–water partition coefficient (Wildman–Crippen LogP) is 2.16. The van der Waals surface area contributed by atoms with Gasteiger partial charge in [0.25, 0.3) is 0 Å². The molecular weight excluding hydrogens is 250 g/mol. The fraction of sp³-hybridized carbons (Fsp3) is 0.938. The van der Waals surface area contributed by atoms with Crippen LogP contribution in [0, 0.1) is 17.2 Å². The quantitative estimate of drug-likeness (QED) is 0.838. The summed E-state index contributed by atoms with van der Waals surface area (Å²) in [7, 11) is 0. The number of hydrogen-bond acceptors (Lipinski definition) is 4. The van der Waals surface area contributed by atoms with E-state index in [9.17, 15) is 5.26 Å². The molecule has 0 aromatic heterocycles. The van der Waals surface area contributed by atoms with Crippen LogP contribution in [0.1, 0.15) is 46.5 Å². The molecule has 1 N–H and O–H groups in total. The van der Waals surface area contributed by atoms with E-state index in [2.05, 4.69) is 37.1 Å². The minimum Gasteiger partial charge on any atom is -0.373 e. The summed E-state index contributed by atoms with van der Waals surface area (Å²) in [6, 6.07) is 2.58. The zero-order valence-corrected chi connectivity index (χ0v) is 13.2. The van der Waals surface area contributed by atoms with Gasteiger partial charge in [-0.25, -0.2) is 0 Å². The second kappa shape index (κ2) is 6.89. The van der Waals surface area contributed by atoms with Crippen molar-refractivity contribution in [3.05, 3.63) is 0 Å². The summed E-state index contributed by atoms with van der Waals surface area (Å²) in [5.41, 5.74) is -0.266. The van der Waals surface area contributed by atoms with Crippen LogP contribution in [0.2, 0.25) is 0 Å². The molecule has 4 unspecified atom stereocenters. The van der Waals surface area contributed by atoms with Crippen molar-refractivity contribution < 1.29 is 4.74 Å². The summed E-state index contributed by atoms with van der Waals surface area (Å²) >= 11 is 0. The van der Waals surface area contributed by atoms with Gasteiger partial charge in [0.2, 0.25) is 0 Å². The molecule has 0 bridgehead atoms. The SMILES string of the molecule is CCNC1(C#N)CCCC1CCN1CC(C)OC(C)C1. The van der Waals surface area contributed by atoms with E-state index in [1.807, 2.05) is 0 Å². The van der Waals surface area contributed by atoms with Crippen molar-refractivity contribution in [2.75, 3.05) is 26.2 Å². The Labute approximate surface area is 123 Å². The van der Waals surface area contributed by atoms with Gasteiger partial charge in [-0.3, -0.25) is 10.2 Å². The normalized spacial score (nSPS) is 38.8. The van der Waals surface area contributed by atoms with Gasteiger partial charge in [-0.05, 0) is 52.1 Å². The molecule has 2 rings (SSSR count). The Morgan fingerprint density at radius 1 is 1.35 bits per heavy atom. The summed E-state index contributed by atoms with van der Waals surface area (Å²) in [5, 5.41) is 13.1. The number of nitrogens with zero attached hydrogens (tertiary/aromatic N) is 2. The highest BCUT2D eigenvalue weighted by Gasteiger charge is 2.42. The third kappa shape index (κ3) is 3.52. The summed E-state index contributed by atoms with van der Waals surface area (Å²) in [4.78, 5) is 2.51. The number of rotatable bonds is 5. The Morgan fingerprint density at radius 2 is 2.05 bits per heavy atom. The molecule has 4 nitrogen and oxygen atoms in total. The van der Waals surface area contributed by atoms with E-state index in [1.54, 1.807) is 0 Å². The lowest BCUT2D eigenvalue weighted by molar-refractivity contribution is -0.0692. The number of ether oxygens (including phenoxy) is 1. The van der Waals surface area contributed by atoms with Crippen LogP contribution in [-0.4, -0.2) is 48.8 Å². The van der Waals surface area contributed by atoms with Crippen LogP contribution in [-0.2, 0) is 4.74 Å². The third-order valence-electron chi connectivity index (χ3n) is 4.80. The lowest BCUT2D eigenvalue weighted by Gasteiger charge is -2.37. The molecular formula is C16H29N3O. The van der Waals surface area contributed by atoms with Gasteiger partial charge in [-0.1, -0.05) is 13.3 Å². The minimum atomic E-state index is -0.266. The van der Waals surface area contributed by atoms with E-state index in [1.165, 1.54) is 12.8 Å². The van der Waals surface area contributed by atoms with Crippen molar-refractivity contribution in [1.82, 2.24) is 10.2 Å². The molecule has 0 aromatic carbocycles. The standard InChI is InChI=1S/C16H29N3O/c1-4-18-16(12-17)8-5-6-15(16)7-9-19-10-13(2)20-14(3)11-19/h13-15,18H,4-11H2,1-3H3. The highest BCUT2D eigenvalue weighted by Crippen LogP contribution is 2.37. The molecule has 2 fully saturated rings.